The van der Waals surface area contributed by atoms with Gasteiger partial charge >= 0.3 is 0 Å². The molecule has 2 fully saturated rings. The summed E-state index contributed by atoms with van der Waals surface area (Å²) in [6.45, 7) is 3.17. The lowest BCUT2D eigenvalue weighted by Gasteiger charge is -2.33. The molecule has 1 aliphatic heterocycles. The molecule has 0 unspecified atom stereocenters. The van der Waals surface area contributed by atoms with E-state index in [4.69, 9.17) is 14.9 Å². The fourth-order valence-electron chi connectivity index (χ4n) is 5.91. The summed E-state index contributed by atoms with van der Waals surface area (Å²) in [5.41, 5.74) is 2.55. The lowest BCUT2D eigenvalue weighted by molar-refractivity contribution is 0.211. The monoisotopic (exact) mass is 466 g/mol. The van der Waals surface area contributed by atoms with Gasteiger partial charge in [-0.1, -0.05) is 49.2 Å². The molecule has 6 rings (SSSR count). The Balaban J connectivity index is 1.15. The normalized spacial score (nSPS) is 17.9. The van der Waals surface area contributed by atoms with E-state index in [0.29, 0.717) is 12.0 Å². The summed E-state index contributed by atoms with van der Waals surface area (Å²) in [6, 6.07) is 22.2. The van der Waals surface area contributed by atoms with Crippen molar-refractivity contribution < 1.29 is 4.74 Å². The lowest BCUT2D eigenvalue weighted by Crippen LogP contribution is -2.38. The highest BCUT2D eigenvalue weighted by Crippen LogP contribution is 2.38. The molecule has 3 aromatic carbocycles. The van der Waals surface area contributed by atoms with E-state index in [9.17, 15) is 0 Å². The van der Waals surface area contributed by atoms with E-state index in [1.165, 1.54) is 47.4 Å². The van der Waals surface area contributed by atoms with Gasteiger partial charge in [-0.05, 0) is 66.3 Å². The van der Waals surface area contributed by atoms with Crippen LogP contribution in [0.2, 0.25) is 0 Å². The molecule has 5 nitrogen and oxygen atoms in total. The molecule has 1 saturated heterocycles. The molecule has 1 aliphatic carbocycles. The Morgan fingerprint density at radius 2 is 1.66 bits per heavy atom. The Kier molecular flexibility index (Phi) is 6.26. The first-order chi connectivity index (χ1) is 17.3. The maximum atomic E-state index is 5.55. The summed E-state index contributed by atoms with van der Waals surface area (Å²) in [6.07, 6.45) is 7.23. The summed E-state index contributed by atoms with van der Waals surface area (Å²) >= 11 is 0. The van der Waals surface area contributed by atoms with Crippen molar-refractivity contribution in [3.05, 3.63) is 71.9 Å². The van der Waals surface area contributed by atoms with E-state index in [0.717, 1.165) is 55.1 Å². The smallest absolute Gasteiger partial charge is 0.156 e. The van der Waals surface area contributed by atoms with Crippen LogP contribution < -0.4 is 10.1 Å². The lowest BCUT2D eigenvalue weighted by atomic mass is 9.97. The topological polar surface area (TPSA) is 50.3 Å². The van der Waals surface area contributed by atoms with Crippen LogP contribution in [-0.4, -0.2) is 41.3 Å². The van der Waals surface area contributed by atoms with Gasteiger partial charge in [-0.3, -0.25) is 4.90 Å². The molecule has 180 valence electrons. The minimum Gasteiger partial charge on any atom is -0.497 e. The molecular weight excluding hydrogens is 432 g/mol. The Morgan fingerprint density at radius 1 is 0.857 bits per heavy atom. The van der Waals surface area contributed by atoms with Crippen molar-refractivity contribution in [3.8, 4) is 5.75 Å². The molecule has 1 saturated carbocycles. The van der Waals surface area contributed by atoms with Crippen molar-refractivity contribution >= 4 is 27.4 Å². The Labute approximate surface area is 207 Å². The number of rotatable bonds is 6. The molecule has 2 heterocycles. The molecule has 0 atom stereocenters. The Hall–Kier alpha value is -3.18. The predicted octanol–water partition coefficient (Wildman–Crippen LogP) is 6.53. The number of nitrogens with one attached hydrogen (secondary N) is 1. The van der Waals surface area contributed by atoms with Crippen molar-refractivity contribution in [1.29, 1.82) is 0 Å². The van der Waals surface area contributed by atoms with Gasteiger partial charge in [-0.15, -0.1) is 5.10 Å². The average molecular weight is 467 g/mol. The van der Waals surface area contributed by atoms with Gasteiger partial charge in [-0.25, -0.2) is 0 Å². The second-order valence-corrected chi connectivity index (χ2v) is 10.2. The van der Waals surface area contributed by atoms with Crippen LogP contribution >= 0.6 is 0 Å². The number of likely N-dealkylation sites (tertiary alicyclic amines) is 1. The minimum atomic E-state index is 0.406. The first-order valence-electron chi connectivity index (χ1n) is 13.1. The first kappa shape index (κ1) is 22.3. The van der Waals surface area contributed by atoms with Gasteiger partial charge in [0, 0.05) is 42.4 Å². The standard InChI is InChI=1S/C30H34N4O/c1-35-26-12-13-27-28(19-26)30(33-32-29(27)23-7-3-4-8-23)31-25-14-16-34(17-15-25)20-21-10-11-22-6-2-5-9-24(22)18-21/h2,5-6,9-13,18-19,23,25H,3-4,7-8,14-17,20H2,1H3,(H,31,33). The number of ether oxygens (including phenoxy) is 1. The number of hydrogen-bond donors (Lipinski definition) is 1. The van der Waals surface area contributed by atoms with E-state index in [1.807, 2.05) is 0 Å². The largest absolute Gasteiger partial charge is 0.497 e. The van der Waals surface area contributed by atoms with Crippen LogP contribution in [0.15, 0.2) is 60.7 Å². The Morgan fingerprint density at radius 3 is 2.46 bits per heavy atom. The Bertz CT molecular complexity index is 1320. The molecule has 1 aromatic heterocycles. The fraction of sp³-hybridized carbons (Fsp3) is 0.400. The van der Waals surface area contributed by atoms with Crippen molar-refractivity contribution in [2.45, 2.75) is 57.0 Å². The molecule has 5 heteroatoms. The molecule has 0 bridgehead atoms. The van der Waals surface area contributed by atoms with Crippen LogP contribution in [0.5, 0.6) is 5.75 Å². The van der Waals surface area contributed by atoms with Crippen LogP contribution in [0.4, 0.5) is 5.82 Å². The van der Waals surface area contributed by atoms with E-state index in [1.54, 1.807) is 7.11 Å². The summed E-state index contributed by atoms with van der Waals surface area (Å²) in [5.74, 6) is 2.30. The molecular formula is C30H34N4O. The number of methoxy groups -OCH3 is 1. The minimum absolute atomic E-state index is 0.406. The van der Waals surface area contributed by atoms with Gasteiger partial charge in [0.25, 0.3) is 0 Å². The number of piperidine rings is 1. The molecule has 0 radical (unpaired) electrons. The van der Waals surface area contributed by atoms with Crippen LogP contribution in [0.25, 0.3) is 21.5 Å². The molecule has 2 aliphatic rings. The fourth-order valence-corrected chi connectivity index (χ4v) is 5.91. The quantitative estimate of drug-likeness (QED) is 0.350. The average Bonchev–Trinajstić information content (AvgIpc) is 3.44. The maximum absolute atomic E-state index is 5.55. The molecule has 0 spiro atoms. The summed E-state index contributed by atoms with van der Waals surface area (Å²) in [4.78, 5) is 2.57. The molecule has 35 heavy (non-hydrogen) atoms. The molecule has 0 amide bonds. The van der Waals surface area contributed by atoms with Crippen molar-refractivity contribution in [2.75, 3.05) is 25.5 Å². The third kappa shape index (κ3) is 4.70. The summed E-state index contributed by atoms with van der Waals surface area (Å²) in [5, 5.41) is 18.2. The summed E-state index contributed by atoms with van der Waals surface area (Å²) in [7, 11) is 1.73. The van der Waals surface area contributed by atoms with Crippen LogP contribution in [-0.2, 0) is 6.54 Å². The number of nitrogens with zero attached hydrogens (tertiary/aromatic N) is 3. The van der Waals surface area contributed by atoms with Gasteiger partial charge in [0.2, 0.25) is 0 Å². The van der Waals surface area contributed by atoms with E-state index < -0.39 is 0 Å². The number of aromatic nitrogens is 2. The predicted molar refractivity (Wildman–Crippen MR) is 143 cm³/mol. The zero-order chi connectivity index (χ0) is 23.6. The van der Waals surface area contributed by atoms with Gasteiger partial charge in [0.05, 0.1) is 12.8 Å². The van der Waals surface area contributed by atoms with Gasteiger partial charge in [-0.2, -0.15) is 5.10 Å². The number of anilines is 1. The van der Waals surface area contributed by atoms with Gasteiger partial charge in [0.15, 0.2) is 5.82 Å². The van der Waals surface area contributed by atoms with Crippen molar-refractivity contribution in [1.82, 2.24) is 15.1 Å². The van der Waals surface area contributed by atoms with Gasteiger partial charge in [0.1, 0.15) is 5.75 Å². The maximum Gasteiger partial charge on any atom is 0.156 e. The van der Waals surface area contributed by atoms with Crippen molar-refractivity contribution in [2.24, 2.45) is 0 Å². The highest BCUT2D eigenvalue weighted by molar-refractivity contribution is 5.94. The molecule has 1 N–H and O–H groups in total. The van der Waals surface area contributed by atoms with Crippen LogP contribution in [0.3, 0.4) is 0 Å². The van der Waals surface area contributed by atoms with Crippen molar-refractivity contribution in [3.63, 3.8) is 0 Å². The number of benzene rings is 3. The highest BCUT2D eigenvalue weighted by Gasteiger charge is 2.24. The van der Waals surface area contributed by atoms with Gasteiger partial charge < -0.3 is 10.1 Å². The highest BCUT2D eigenvalue weighted by atomic mass is 16.5. The number of hydrogen-bond acceptors (Lipinski definition) is 5. The zero-order valence-electron chi connectivity index (χ0n) is 20.5. The van der Waals surface area contributed by atoms with Crippen LogP contribution in [0, 0.1) is 0 Å². The van der Waals surface area contributed by atoms with E-state index >= 15 is 0 Å². The number of fused-ring (bicyclic) bond motifs is 2. The third-order valence-corrected chi connectivity index (χ3v) is 7.91. The van der Waals surface area contributed by atoms with Crippen LogP contribution in [0.1, 0.15) is 55.7 Å². The van der Waals surface area contributed by atoms with E-state index in [2.05, 4.69) is 70.9 Å². The van der Waals surface area contributed by atoms with E-state index in [-0.39, 0.29) is 0 Å². The third-order valence-electron chi connectivity index (χ3n) is 7.91. The second-order valence-electron chi connectivity index (χ2n) is 10.2. The zero-order valence-corrected chi connectivity index (χ0v) is 20.5. The first-order valence-corrected chi connectivity index (χ1v) is 13.1. The second kappa shape index (κ2) is 9.82. The molecule has 4 aromatic rings. The summed E-state index contributed by atoms with van der Waals surface area (Å²) < 4.78 is 5.55. The SMILES string of the molecule is COc1ccc2c(C3CCCC3)nnc(NC3CCN(Cc4ccc5ccccc5c4)CC3)c2c1.